The number of rotatable bonds is 5. The second-order valence-electron chi connectivity index (χ2n) is 5.93. The van der Waals surface area contributed by atoms with Gasteiger partial charge >= 0.3 is 0 Å². The van der Waals surface area contributed by atoms with Crippen molar-refractivity contribution >= 4 is 17.5 Å². The van der Waals surface area contributed by atoms with Gasteiger partial charge in [0, 0.05) is 23.7 Å². The molecule has 1 aromatic carbocycles. The van der Waals surface area contributed by atoms with Crippen LogP contribution in [0.3, 0.4) is 0 Å². The van der Waals surface area contributed by atoms with Crippen molar-refractivity contribution in [3.8, 4) is 0 Å². The minimum atomic E-state index is 0.101. The number of piperidine rings is 1. The lowest BCUT2D eigenvalue weighted by Crippen LogP contribution is -2.41. The van der Waals surface area contributed by atoms with Gasteiger partial charge in [-0.1, -0.05) is 24.6 Å². The largest absolute Gasteiger partial charge is 0.338 e. The van der Waals surface area contributed by atoms with Crippen LogP contribution in [0.2, 0.25) is 5.02 Å². The van der Waals surface area contributed by atoms with Crippen LogP contribution in [-0.4, -0.2) is 37.0 Å². The van der Waals surface area contributed by atoms with Gasteiger partial charge in [-0.25, -0.2) is 0 Å². The van der Waals surface area contributed by atoms with E-state index in [2.05, 4.69) is 12.2 Å². The first-order valence-electron chi connectivity index (χ1n) is 7.88. The molecule has 0 aliphatic carbocycles. The van der Waals surface area contributed by atoms with Crippen molar-refractivity contribution in [2.24, 2.45) is 5.92 Å². The first-order chi connectivity index (χ1) is 10.1. The van der Waals surface area contributed by atoms with Crippen LogP contribution in [0.5, 0.6) is 0 Å². The normalized spacial score (nSPS) is 18.5. The third-order valence-corrected chi connectivity index (χ3v) is 4.48. The van der Waals surface area contributed by atoms with E-state index >= 15 is 0 Å². The monoisotopic (exact) mass is 308 g/mol. The molecule has 21 heavy (non-hydrogen) atoms. The molecule has 1 fully saturated rings. The molecule has 1 unspecified atom stereocenters. The summed E-state index contributed by atoms with van der Waals surface area (Å²) in [4.78, 5) is 14.7. The Balaban J connectivity index is 2.08. The number of hydrogen-bond donors (Lipinski definition) is 1. The Morgan fingerprint density at radius 3 is 2.90 bits per heavy atom. The average molecular weight is 309 g/mol. The molecule has 0 aromatic heterocycles. The minimum absolute atomic E-state index is 0.101. The van der Waals surface area contributed by atoms with Crippen LogP contribution in [0.1, 0.15) is 42.1 Å². The molecule has 1 aliphatic rings. The van der Waals surface area contributed by atoms with Gasteiger partial charge in [-0.15, -0.1) is 0 Å². The first-order valence-corrected chi connectivity index (χ1v) is 8.25. The van der Waals surface area contributed by atoms with Crippen molar-refractivity contribution in [1.82, 2.24) is 10.2 Å². The maximum Gasteiger partial charge on any atom is 0.253 e. The van der Waals surface area contributed by atoms with Gasteiger partial charge in [0.05, 0.1) is 0 Å². The van der Waals surface area contributed by atoms with E-state index in [9.17, 15) is 4.79 Å². The fourth-order valence-electron chi connectivity index (χ4n) is 2.85. The Bertz CT molecular complexity index is 484. The summed E-state index contributed by atoms with van der Waals surface area (Å²) in [6, 6.07) is 5.59. The van der Waals surface area contributed by atoms with Crippen molar-refractivity contribution in [1.29, 1.82) is 0 Å². The fourth-order valence-corrected chi connectivity index (χ4v) is 3.03. The van der Waals surface area contributed by atoms with Gasteiger partial charge < -0.3 is 10.2 Å². The topological polar surface area (TPSA) is 32.3 Å². The number of aryl methyl sites for hydroxylation is 1. The number of benzene rings is 1. The van der Waals surface area contributed by atoms with Crippen molar-refractivity contribution in [2.75, 3.05) is 26.2 Å². The number of amides is 1. The quantitative estimate of drug-likeness (QED) is 0.903. The highest BCUT2D eigenvalue weighted by molar-refractivity contribution is 6.31. The molecule has 1 saturated heterocycles. The number of halogens is 1. The van der Waals surface area contributed by atoms with Crippen LogP contribution in [0.4, 0.5) is 0 Å². The summed E-state index contributed by atoms with van der Waals surface area (Å²) >= 11 is 6.15. The van der Waals surface area contributed by atoms with Gasteiger partial charge in [-0.3, -0.25) is 4.79 Å². The Morgan fingerprint density at radius 1 is 1.48 bits per heavy atom. The molecule has 1 aliphatic heterocycles. The maximum atomic E-state index is 12.7. The van der Waals surface area contributed by atoms with Gasteiger partial charge in [0.15, 0.2) is 0 Å². The summed E-state index contributed by atoms with van der Waals surface area (Å²) in [5, 5.41) is 4.08. The lowest BCUT2D eigenvalue weighted by molar-refractivity contribution is 0.0719. The van der Waals surface area contributed by atoms with Crippen LogP contribution in [0, 0.1) is 12.8 Å². The SMILES string of the molecule is CCCN(CC1CCCNC1)C(=O)c1ccc(C)c(Cl)c1. The van der Waals surface area contributed by atoms with E-state index in [0.29, 0.717) is 16.5 Å². The maximum absolute atomic E-state index is 12.7. The van der Waals surface area contributed by atoms with E-state index in [-0.39, 0.29) is 5.91 Å². The summed E-state index contributed by atoms with van der Waals surface area (Å²) in [6.07, 6.45) is 3.38. The molecule has 1 amide bonds. The Hall–Kier alpha value is -1.06. The molecule has 3 nitrogen and oxygen atoms in total. The van der Waals surface area contributed by atoms with Gasteiger partial charge in [0.1, 0.15) is 0 Å². The summed E-state index contributed by atoms with van der Waals surface area (Å²) in [6.45, 7) is 7.83. The van der Waals surface area contributed by atoms with Gasteiger partial charge in [0.25, 0.3) is 5.91 Å². The zero-order valence-electron chi connectivity index (χ0n) is 13.0. The predicted molar refractivity (Wildman–Crippen MR) is 88.0 cm³/mol. The Kier molecular flexibility index (Phi) is 6.07. The van der Waals surface area contributed by atoms with E-state index in [1.54, 1.807) is 6.07 Å². The molecule has 0 bridgehead atoms. The predicted octanol–water partition coefficient (Wildman–Crippen LogP) is 3.50. The summed E-state index contributed by atoms with van der Waals surface area (Å²) < 4.78 is 0. The summed E-state index contributed by atoms with van der Waals surface area (Å²) in [5.41, 5.74) is 1.70. The molecular weight excluding hydrogens is 284 g/mol. The molecule has 0 spiro atoms. The molecular formula is C17H25ClN2O. The zero-order chi connectivity index (χ0) is 15.2. The zero-order valence-corrected chi connectivity index (χ0v) is 13.7. The van der Waals surface area contributed by atoms with E-state index in [4.69, 9.17) is 11.6 Å². The molecule has 0 saturated carbocycles. The van der Waals surface area contributed by atoms with Crippen LogP contribution < -0.4 is 5.32 Å². The van der Waals surface area contributed by atoms with Crippen molar-refractivity contribution in [3.63, 3.8) is 0 Å². The Morgan fingerprint density at radius 2 is 2.29 bits per heavy atom. The highest BCUT2D eigenvalue weighted by Crippen LogP contribution is 2.19. The molecule has 1 heterocycles. The third kappa shape index (κ3) is 4.45. The molecule has 2 rings (SSSR count). The van der Waals surface area contributed by atoms with Crippen LogP contribution in [0.15, 0.2) is 18.2 Å². The minimum Gasteiger partial charge on any atom is -0.338 e. The third-order valence-electron chi connectivity index (χ3n) is 4.08. The summed E-state index contributed by atoms with van der Waals surface area (Å²) in [5.74, 6) is 0.666. The molecule has 1 atom stereocenters. The van der Waals surface area contributed by atoms with Crippen LogP contribution in [-0.2, 0) is 0 Å². The number of carbonyl (C=O) groups is 1. The van der Waals surface area contributed by atoms with Crippen LogP contribution in [0.25, 0.3) is 0 Å². The number of carbonyl (C=O) groups excluding carboxylic acids is 1. The highest BCUT2D eigenvalue weighted by Gasteiger charge is 2.21. The first kappa shape index (κ1) is 16.3. The number of nitrogens with one attached hydrogen (secondary N) is 1. The molecule has 0 radical (unpaired) electrons. The smallest absolute Gasteiger partial charge is 0.253 e. The van der Waals surface area contributed by atoms with E-state index < -0.39 is 0 Å². The number of hydrogen-bond acceptors (Lipinski definition) is 2. The molecule has 4 heteroatoms. The van der Waals surface area contributed by atoms with Gasteiger partial charge in [0.2, 0.25) is 0 Å². The van der Waals surface area contributed by atoms with Crippen molar-refractivity contribution in [3.05, 3.63) is 34.3 Å². The van der Waals surface area contributed by atoms with Crippen molar-refractivity contribution in [2.45, 2.75) is 33.1 Å². The van der Waals surface area contributed by atoms with Gasteiger partial charge in [-0.2, -0.15) is 0 Å². The van der Waals surface area contributed by atoms with E-state index in [0.717, 1.165) is 38.2 Å². The van der Waals surface area contributed by atoms with E-state index in [1.165, 1.54) is 12.8 Å². The second-order valence-corrected chi connectivity index (χ2v) is 6.33. The van der Waals surface area contributed by atoms with Crippen molar-refractivity contribution < 1.29 is 4.79 Å². The van der Waals surface area contributed by atoms with Gasteiger partial charge in [-0.05, 0) is 62.9 Å². The second kappa shape index (κ2) is 7.81. The average Bonchev–Trinajstić information content (AvgIpc) is 2.50. The molecule has 1 N–H and O–H groups in total. The standard InChI is InChI=1S/C17H25ClN2O/c1-3-9-20(12-14-5-4-8-19-11-14)17(21)15-7-6-13(2)16(18)10-15/h6-7,10,14,19H,3-5,8-9,11-12H2,1-2H3. The number of nitrogens with zero attached hydrogens (tertiary/aromatic N) is 1. The molecule has 116 valence electrons. The lowest BCUT2D eigenvalue weighted by atomic mass is 9.98. The van der Waals surface area contributed by atoms with Crippen LogP contribution >= 0.6 is 11.6 Å². The lowest BCUT2D eigenvalue weighted by Gasteiger charge is -2.30. The molecule has 1 aromatic rings. The summed E-state index contributed by atoms with van der Waals surface area (Å²) in [7, 11) is 0. The highest BCUT2D eigenvalue weighted by atomic mass is 35.5. The Labute approximate surface area is 132 Å². The van der Waals surface area contributed by atoms with E-state index in [1.807, 2.05) is 24.0 Å². The fraction of sp³-hybridized carbons (Fsp3) is 0.588.